The summed E-state index contributed by atoms with van der Waals surface area (Å²) in [4.78, 5) is 17.1. The molecule has 5 nitrogen and oxygen atoms in total. The smallest absolute Gasteiger partial charge is 0.227 e. The van der Waals surface area contributed by atoms with Crippen molar-refractivity contribution in [3.05, 3.63) is 58.5 Å². The molecule has 1 N–H and O–H groups in total. The predicted octanol–water partition coefficient (Wildman–Crippen LogP) is 3.49. The lowest BCUT2D eigenvalue weighted by molar-refractivity contribution is -0.121. The van der Waals surface area contributed by atoms with Crippen molar-refractivity contribution < 1.29 is 13.7 Å². The zero-order valence-electron chi connectivity index (χ0n) is 13.1. The Hall–Kier alpha value is -2.54. The van der Waals surface area contributed by atoms with Gasteiger partial charge in [0.15, 0.2) is 0 Å². The Morgan fingerprint density at radius 2 is 2.25 bits per heavy atom. The Kier molecular flexibility index (Phi) is 5.00. The number of benzene rings is 1. The molecule has 124 valence electrons. The molecule has 0 radical (unpaired) electrons. The lowest BCUT2D eigenvalue weighted by atomic mass is 10.1. The zero-order chi connectivity index (χ0) is 16.9. The average molecular weight is 345 g/mol. The van der Waals surface area contributed by atoms with Gasteiger partial charge < -0.3 is 9.84 Å². The molecule has 0 saturated carbocycles. The standard InChI is InChI=1S/C17H16FN3O2S/c1-11-4-5-12(9-13(11)18)10-19-15(22)6-7-16-20-17(21-23-16)14-3-2-8-24-14/h2-5,8-9H,6-7,10H2,1H3,(H,19,22). The molecule has 0 bridgehead atoms. The Morgan fingerprint density at radius 1 is 1.38 bits per heavy atom. The summed E-state index contributed by atoms with van der Waals surface area (Å²) in [6.07, 6.45) is 0.604. The van der Waals surface area contributed by atoms with Gasteiger partial charge in [-0.25, -0.2) is 4.39 Å². The number of halogens is 1. The third-order valence-corrected chi connectivity index (χ3v) is 4.37. The molecule has 0 aliphatic rings. The molecule has 0 spiro atoms. The van der Waals surface area contributed by atoms with Crippen LogP contribution in [0.5, 0.6) is 0 Å². The molecule has 2 heterocycles. The van der Waals surface area contributed by atoms with E-state index in [1.54, 1.807) is 19.1 Å². The van der Waals surface area contributed by atoms with E-state index in [0.717, 1.165) is 10.4 Å². The van der Waals surface area contributed by atoms with Crippen molar-refractivity contribution in [2.45, 2.75) is 26.3 Å². The predicted molar refractivity (Wildman–Crippen MR) is 88.9 cm³/mol. The number of hydrogen-bond acceptors (Lipinski definition) is 5. The van der Waals surface area contributed by atoms with Crippen molar-refractivity contribution >= 4 is 17.2 Å². The molecule has 0 saturated heterocycles. The molecule has 0 unspecified atom stereocenters. The molecule has 0 atom stereocenters. The summed E-state index contributed by atoms with van der Waals surface area (Å²) in [5, 5.41) is 8.59. The molecule has 1 aromatic carbocycles. The molecule has 2 aromatic heterocycles. The van der Waals surface area contributed by atoms with Gasteiger partial charge in [0.25, 0.3) is 0 Å². The second-order valence-electron chi connectivity index (χ2n) is 5.35. The number of thiophene rings is 1. The quantitative estimate of drug-likeness (QED) is 0.742. The zero-order valence-corrected chi connectivity index (χ0v) is 13.9. The molecular formula is C17H16FN3O2S. The fourth-order valence-electron chi connectivity index (χ4n) is 2.12. The molecule has 1 amide bonds. The molecule has 24 heavy (non-hydrogen) atoms. The Morgan fingerprint density at radius 3 is 3.00 bits per heavy atom. The van der Waals surface area contributed by atoms with Crippen molar-refractivity contribution in [3.8, 4) is 10.7 Å². The number of carbonyl (C=O) groups excluding carboxylic acids is 1. The van der Waals surface area contributed by atoms with Crippen LogP contribution in [-0.4, -0.2) is 16.0 Å². The van der Waals surface area contributed by atoms with E-state index in [1.807, 2.05) is 17.5 Å². The van der Waals surface area contributed by atoms with Gasteiger partial charge in [-0.05, 0) is 35.6 Å². The van der Waals surface area contributed by atoms with Gasteiger partial charge in [-0.1, -0.05) is 23.4 Å². The van der Waals surface area contributed by atoms with Crippen molar-refractivity contribution in [1.29, 1.82) is 0 Å². The van der Waals surface area contributed by atoms with Crippen LogP contribution >= 0.6 is 11.3 Å². The second kappa shape index (κ2) is 7.35. The molecule has 0 fully saturated rings. The van der Waals surface area contributed by atoms with Gasteiger partial charge >= 0.3 is 0 Å². The van der Waals surface area contributed by atoms with Gasteiger partial charge in [0.2, 0.25) is 17.6 Å². The Bertz CT molecular complexity index is 830. The van der Waals surface area contributed by atoms with Crippen LogP contribution in [0.2, 0.25) is 0 Å². The van der Waals surface area contributed by atoms with Gasteiger partial charge in [-0.3, -0.25) is 4.79 Å². The highest BCUT2D eigenvalue weighted by Crippen LogP contribution is 2.21. The minimum absolute atomic E-state index is 0.146. The second-order valence-corrected chi connectivity index (χ2v) is 6.30. The van der Waals surface area contributed by atoms with Crippen LogP contribution in [0.4, 0.5) is 4.39 Å². The van der Waals surface area contributed by atoms with Crippen LogP contribution in [0.25, 0.3) is 10.7 Å². The highest BCUT2D eigenvalue weighted by atomic mass is 32.1. The van der Waals surface area contributed by atoms with Crippen molar-refractivity contribution in [2.75, 3.05) is 0 Å². The van der Waals surface area contributed by atoms with Crippen LogP contribution in [0.1, 0.15) is 23.4 Å². The normalized spacial score (nSPS) is 10.8. The number of carbonyl (C=O) groups is 1. The number of nitrogens with zero attached hydrogens (tertiary/aromatic N) is 2. The van der Waals surface area contributed by atoms with Gasteiger partial charge in [0.05, 0.1) is 4.88 Å². The van der Waals surface area contributed by atoms with E-state index in [0.29, 0.717) is 30.2 Å². The third-order valence-electron chi connectivity index (χ3n) is 3.50. The number of rotatable bonds is 6. The largest absolute Gasteiger partial charge is 0.352 e. The lowest BCUT2D eigenvalue weighted by Crippen LogP contribution is -2.23. The summed E-state index contributed by atoms with van der Waals surface area (Å²) in [6, 6.07) is 8.75. The van der Waals surface area contributed by atoms with Gasteiger partial charge in [-0.15, -0.1) is 11.3 Å². The van der Waals surface area contributed by atoms with Crippen LogP contribution in [0.3, 0.4) is 0 Å². The van der Waals surface area contributed by atoms with Crippen LogP contribution < -0.4 is 5.32 Å². The Balaban J connectivity index is 1.48. The Labute approximate surface area is 142 Å². The van der Waals surface area contributed by atoms with Crippen molar-refractivity contribution in [1.82, 2.24) is 15.5 Å². The van der Waals surface area contributed by atoms with E-state index in [-0.39, 0.29) is 18.1 Å². The van der Waals surface area contributed by atoms with E-state index in [1.165, 1.54) is 17.4 Å². The maximum absolute atomic E-state index is 13.5. The molecule has 7 heteroatoms. The van der Waals surface area contributed by atoms with Gasteiger partial charge in [-0.2, -0.15) is 4.98 Å². The maximum atomic E-state index is 13.5. The first-order chi connectivity index (χ1) is 11.6. The monoisotopic (exact) mass is 345 g/mol. The summed E-state index contributed by atoms with van der Waals surface area (Å²) in [6.45, 7) is 1.99. The summed E-state index contributed by atoms with van der Waals surface area (Å²) in [5.74, 6) is 0.547. The van der Waals surface area contributed by atoms with Gasteiger partial charge in [0.1, 0.15) is 5.82 Å². The molecule has 3 rings (SSSR count). The summed E-state index contributed by atoms with van der Waals surface area (Å²) in [5.41, 5.74) is 1.31. The van der Waals surface area contributed by atoms with E-state index >= 15 is 0 Å². The molecule has 0 aliphatic carbocycles. The fourth-order valence-corrected chi connectivity index (χ4v) is 2.77. The maximum Gasteiger partial charge on any atom is 0.227 e. The number of nitrogens with one attached hydrogen (secondary N) is 1. The summed E-state index contributed by atoms with van der Waals surface area (Å²) in [7, 11) is 0. The minimum atomic E-state index is -0.270. The molecular weight excluding hydrogens is 329 g/mol. The topological polar surface area (TPSA) is 68.0 Å². The van der Waals surface area contributed by atoms with Crippen molar-refractivity contribution in [3.63, 3.8) is 0 Å². The van der Waals surface area contributed by atoms with Gasteiger partial charge in [0, 0.05) is 19.4 Å². The highest BCUT2D eigenvalue weighted by Gasteiger charge is 2.11. The molecule has 3 aromatic rings. The van der Waals surface area contributed by atoms with Crippen LogP contribution in [0, 0.1) is 12.7 Å². The lowest BCUT2D eigenvalue weighted by Gasteiger charge is -2.05. The van der Waals surface area contributed by atoms with Crippen molar-refractivity contribution in [2.24, 2.45) is 0 Å². The number of amides is 1. The fraction of sp³-hybridized carbons (Fsp3) is 0.235. The number of hydrogen-bond donors (Lipinski definition) is 1. The average Bonchev–Trinajstić information content (AvgIpc) is 3.25. The minimum Gasteiger partial charge on any atom is -0.352 e. The first-order valence-corrected chi connectivity index (χ1v) is 8.38. The van der Waals surface area contributed by atoms with Crippen LogP contribution in [-0.2, 0) is 17.8 Å². The SMILES string of the molecule is Cc1ccc(CNC(=O)CCc2nc(-c3cccs3)no2)cc1F. The van der Waals surface area contributed by atoms with E-state index < -0.39 is 0 Å². The number of aromatic nitrogens is 2. The summed E-state index contributed by atoms with van der Waals surface area (Å²) >= 11 is 1.53. The van der Waals surface area contributed by atoms with E-state index in [4.69, 9.17) is 4.52 Å². The van der Waals surface area contributed by atoms with E-state index in [9.17, 15) is 9.18 Å². The third kappa shape index (κ3) is 4.05. The van der Waals surface area contributed by atoms with E-state index in [2.05, 4.69) is 15.5 Å². The van der Waals surface area contributed by atoms with Crippen LogP contribution in [0.15, 0.2) is 40.2 Å². The first-order valence-electron chi connectivity index (χ1n) is 7.50. The summed E-state index contributed by atoms with van der Waals surface area (Å²) < 4.78 is 18.6. The molecule has 0 aliphatic heterocycles. The first kappa shape index (κ1) is 16.3. The highest BCUT2D eigenvalue weighted by molar-refractivity contribution is 7.13. The number of aryl methyl sites for hydroxylation is 2.